The van der Waals surface area contributed by atoms with Gasteiger partial charge < -0.3 is 0 Å². The summed E-state index contributed by atoms with van der Waals surface area (Å²) in [6.07, 6.45) is 0. The normalized spacial score (nSPS) is 9.67. The zero-order valence-corrected chi connectivity index (χ0v) is 12.1. The fraction of sp³-hybridized carbons (Fsp3) is 0.250. The average Bonchev–Trinajstić information content (AvgIpc) is 2.56. The number of fused-ring (bicyclic) bond motifs is 1. The van der Waals surface area contributed by atoms with E-state index in [1.165, 1.54) is 27.5 Å². The van der Waals surface area contributed by atoms with Crippen LogP contribution in [0.5, 0.6) is 0 Å². The first-order chi connectivity index (χ1) is 7.10. The van der Waals surface area contributed by atoms with Crippen molar-refractivity contribution in [3.63, 3.8) is 0 Å². The number of halogens is 2. The van der Waals surface area contributed by atoms with E-state index in [9.17, 15) is 0 Å². The van der Waals surface area contributed by atoms with Crippen molar-refractivity contribution in [3.05, 3.63) is 41.0 Å². The molecule has 0 radical (unpaired) electrons. The molecule has 0 N–H and O–H groups in total. The van der Waals surface area contributed by atoms with Gasteiger partial charge in [0.25, 0.3) is 0 Å². The Morgan fingerprint density at radius 2 is 1.60 bits per heavy atom. The van der Waals surface area contributed by atoms with Crippen molar-refractivity contribution < 1.29 is 17.0 Å². The van der Waals surface area contributed by atoms with Gasteiger partial charge in [0.15, 0.2) is 0 Å². The van der Waals surface area contributed by atoms with Crippen molar-refractivity contribution in [1.82, 2.24) is 0 Å². The predicted molar refractivity (Wildman–Crippen MR) is 65.5 cm³/mol. The van der Waals surface area contributed by atoms with Crippen LogP contribution >= 0.6 is 18.6 Å². The Hall–Kier alpha value is 0.124. The van der Waals surface area contributed by atoms with Crippen molar-refractivity contribution in [2.45, 2.75) is 20.8 Å². The quantitative estimate of drug-likeness (QED) is 0.476. The molecule has 0 saturated heterocycles. The number of rotatable bonds is 0. The molecule has 0 aliphatic carbocycles. The van der Waals surface area contributed by atoms with E-state index >= 15 is 0 Å². The summed E-state index contributed by atoms with van der Waals surface area (Å²) in [6, 6.07) is 8.91. The summed E-state index contributed by atoms with van der Waals surface area (Å²) in [5.41, 5.74) is 4.12. The molecular weight excluding hydrogens is 263 g/mol. The van der Waals surface area contributed by atoms with E-state index < -0.39 is 17.0 Å². The maximum absolute atomic E-state index is 4.89. The number of hydrogen-bond donors (Lipinski definition) is 0. The Morgan fingerprint density at radius 3 is 2.13 bits per heavy atom. The molecule has 0 atom stereocenters. The first-order valence-corrected chi connectivity index (χ1v) is 8.99. The van der Waals surface area contributed by atoms with Gasteiger partial charge in [-0.2, -0.15) is 6.07 Å². The third kappa shape index (κ3) is 3.29. The summed E-state index contributed by atoms with van der Waals surface area (Å²) in [5.74, 6) is 0. The molecule has 0 aliphatic heterocycles. The molecule has 80 valence electrons. The summed E-state index contributed by atoms with van der Waals surface area (Å²) >= 11 is -0.556. The van der Waals surface area contributed by atoms with Gasteiger partial charge in [0.2, 0.25) is 0 Å². The van der Waals surface area contributed by atoms with Crippen LogP contribution in [0.1, 0.15) is 16.7 Å². The second-order valence-electron chi connectivity index (χ2n) is 3.63. The van der Waals surface area contributed by atoms with Gasteiger partial charge in [-0.05, 0) is 6.92 Å². The molecule has 3 heteroatoms. The summed E-state index contributed by atoms with van der Waals surface area (Å²) in [6.45, 7) is 6.49. The molecule has 0 heterocycles. The van der Waals surface area contributed by atoms with Gasteiger partial charge in [0, 0.05) is 0 Å². The number of aryl methyl sites for hydroxylation is 3. The maximum atomic E-state index is 4.89. The Kier molecular flexibility index (Phi) is 5.28. The molecule has 0 nitrogen and oxygen atoms in total. The number of hydrogen-bond acceptors (Lipinski definition) is 0. The Labute approximate surface area is 108 Å². The van der Waals surface area contributed by atoms with Gasteiger partial charge in [-0.3, -0.25) is 0 Å². The molecule has 0 fully saturated rings. The molecule has 15 heavy (non-hydrogen) atoms. The standard InChI is InChI=1S/C12H13.2ClH.Ti/c1-8-6-11-9(2)4-5-10(3)12(11)7-8;;;/h4-7H,1-3H3;2*1H;/q-1;;;+2/p-2. The van der Waals surface area contributed by atoms with E-state index in [-0.39, 0.29) is 0 Å². The van der Waals surface area contributed by atoms with Crippen LogP contribution in [-0.2, 0) is 17.0 Å². The Morgan fingerprint density at radius 1 is 1.07 bits per heavy atom. The van der Waals surface area contributed by atoms with E-state index in [0.717, 1.165) is 0 Å². The molecule has 2 aromatic carbocycles. The first kappa shape index (κ1) is 13.2. The second kappa shape index (κ2) is 6.01. The van der Waals surface area contributed by atoms with Gasteiger partial charge in [-0.25, -0.2) is 0 Å². The average molecular weight is 276 g/mol. The molecule has 0 aromatic heterocycles. The van der Waals surface area contributed by atoms with Gasteiger partial charge in [-0.15, -0.1) is 34.0 Å². The third-order valence-electron chi connectivity index (χ3n) is 2.47. The van der Waals surface area contributed by atoms with Crippen LogP contribution in [0.15, 0.2) is 24.3 Å². The van der Waals surface area contributed by atoms with Crippen molar-refractivity contribution in [1.29, 1.82) is 0 Å². The van der Waals surface area contributed by atoms with E-state index in [0.29, 0.717) is 0 Å². The topological polar surface area (TPSA) is 0 Å². The summed E-state index contributed by atoms with van der Waals surface area (Å²) in [7, 11) is 9.78. The molecule has 2 rings (SSSR count). The SMILES string of the molecule is Cc1cc2c(C)ccc(C)c2[cH-]1.[Cl][Ti][Cl]. The zero-order valence-electron chi connectivity index (χ0n) is 9.07. The zero-order chi connectivity index (χ0) is 11.4. The van der Waals surface area contributed by atoms with Crippen LogP contribution in [0.25, 0.3) is 10.8 Å². The number of benzene rings is 1. The Balaban J connectivity index is 0.000000337. The summed E-state index contributed by atoms with van der Waals surface area (Å²) in [4.78, 5) is 0. The van der Waals surface area contributed by atoms with Gasteiger partial charge in [0.05, 0.1) is 0 Å². The van der Waals surface area contributed by atoms with Gasteiger partial charge in [-0.1, -0.05) is 25.5 Å². The van der Waals surface area contributed by atoms with Gasteiger partial charge in [0.1, 0.15) is 0 Å². The second-order valence-corrected chi connectivity index (χ2v) is 6.21. The van der Waals surface area contributed by atoms with E-state index in [4.69, 9.17) is 18.6 Å². The monoisotopic (exact) mass is 275 g/mol. The van der Waals surface area contributed by atoms with Crippen LogP contribution in [0.4, 0.5) is 0 Å². The molecule has 0 bridgehead atoms. The van der Waals surface area contributed by atoms with Crippen LogP contribution in [0, 0.1) is 20.8 Å². The predicted octanol–water partition coefficient (Wildman–Crippen LogP) is 4.86. The Bertz CT molecular complexity index is 407. The minimum absolute atomic E-state index is 0.556. The van der Waals surface area contributed by atoms with Crippen LogP contribution in [0.2, 0.25) is 0 Å². The fourth-order valence-corrected chi connectivity index (χ4v) is 1.73. The van der Waals surface area contributed by atoms with Gasteiger partial charge >= 0.3 is 35.6 Å². The van der Waals surface area contributed by atoms with E-state index in [1.807, 2.05) is 0 Å². The molecule has 0 unspecified atom stereocenters. The van der Waals surface area contributed by atoms with E-state index in [1.54, 1.807) is 0 Å². The minimum atomic E-state index is -0.556. The summed E-state index contributed by atoms with van der Waals surface area (Å²) in [5, 5.41) is 2.82. The van der Waals surface area contributed by atoms with E-state index in [2.05, 4.69) is 45.0 Å². The fourth-order valence-electron chi connectivity index (χ4n) is 1.73. The molecule has 0 amide bonds. The molecule has 0 spiro atoms. The van der Waals surface area contributed by atoms with Crippen molar-refractivity contribution in [2.24, 2.45) is 0 Å². The molecule has 0 aliphatic rings. The first-order valence-electron chi connectivity index (χ1n) is 4.69. The van der Waals surface area contributed by atoms with Crippen LogP contribution < -0.4 is 0 Å². The molecule has 2 aromatic rings. The van der Waals surface area contributed by atoms with Crippen LogP contribution in [-0.4, -0.2) is 0 Å². The van der Waals surface area contributed by atoms with Crippen molar-refractivity contribution >= 4 is 29.4 Å². The van der Waals surface area contributed by atoms with Crippen LogP contribution in [0.3, 0.4) is 0 Å². The molecule has 0 saturated carbocycles. The summed E-state index contributed by atoms with van der Waals surface area (Å²) < 4.78 is 0. The van der Waals surface area contributed by atoms with Crippen molar-refractivity contribution in [2.75, 3.05) is 0 Å². The van der Waals surface area contributed by atoms with Crippen molar-refractivity contribution in [3.8, 4) is 0 Å². The molecular formula is C12H13Cl2Ti-. The third-order valence-corrected chi connectivity index (χ3v) is 2.47.